The van der Waals surface area contributed by atoms with Crippen molar-refractivity contribution in [3.8, 4) is 5.06 Å². The summed E-state index contributed by atoms with van der Waals surface area (Å²) in [5.74, 6) is -0.261. The van der Waals surface area contributed by atoms with Gasteiger partial charge in [0.15, 0.2) is 5.06 Å². The van der Waals surface area contributed by atoms with Crippen molar-refractivity contribution in [3.63, 3.8) is 0 Å². The Morgan fingerprint density at radius 1 is 1.69 bits per heavy atom. The Hall–Kier alpha value is -1.03. The lowest BCUT2D eigenvalue weighted by molar-refractivity contribution is 0.0599. The minimum absolute atomic E-state index is 0.261. The number of hydrogen-bond donors (Lipinski definition) is 0. The lowest BCUT2D eigenvalue weighted by Crippen LogP contribution is -2.10. The van der Waals surface area contributed by atoms with Crippen molar-refractivity contribution in [1.29, 1.82) is 0 Å². The fourth-order valence-electron chi connectivity index (χ4n) is 1.42. The molecular weight excluding hydrogens is 188 g/mol. The molecule has 0 fully saturated rings. The highest BCUT2D eigenvalue weighted by atomic mass is 32.1. The van der Waals surface area contributed by atoms with E-state index >= 15 is 0 Å². The van der Waals surface area contributed by atoms with Crippen LogP contribution in [-0.4, -0.2) is 19.7 Å². The van der Waals surface area contributed by atoms with Crippen molar-refractivity contribution in [2.24, 2.45) is 0 Å². The van der Waals surface area contributed by atoms with Crippen molar-refractivity contribution in [2.75, 3.05) is 13.7 Å². The average Bonchev–Trinajstić information content (AvgIpc) is 2.60. The summed E-state index contributed by atoms with van der Waals surface area (Å²) >= 11 is 1.47. The Kier molecular flexibility index (Phi) is 2.22. The molecule has 0 saturated carbocycles. The van der Waals surface area contributed by atoms with Crippen LogP contribution in [-0.2, 0) is 11.2 Å². The average molecular weight is 198 g/mol. The number of carbonyl (C=O) groups excluding carboxylic acids is 1. The van der Waals surface area contributed by atoms with E-state index in [1.54, 1.807) is 0 Å². The second-order valence-electron chi connectivity index (χ2n) is 2.86. The van der Waals surface area contributed by atoms with Crippen LogP contribution in [0.3, 0.4) is 0 Å². The third-order valence-corrected chi connectivity index (χ3v) is 3.00. The molecule has 13 heavy (non-hydrogen) atoms. The van der Waals surface area contributed by atoms with Crippen LogP contribution in [0.5, 0.6) is 5.06 Å². The summed E-state index contributed by atoms with van der Waals surface area (Å²) < 4.78 is 10.1. The van der Waals surface area contributed by atoms with Crippen LogP contribution in [0.1, 0.15) is 22.3 Å². The van der Waals surface area contributed by atoms with Gasteiger partial charge in [-0.1, -0.05) is 0 Å². The van der Waals surface area contributed by atoms with Crippen molar-refractivity contribution < 1.29 is 14.3 Å². The van der Waals surface area contributed by atoms with E-state index < -0.39 is 0 Å². The summed E-state index contributed by atoms with van der Waals surface area (Å²) in [6.07, 6.45) is 1.90. The standard InChI is InChI=1S/C9H10O3S/c1-11-8(10)7-5-13-9-6(7)3-2-4-12-9/h5H,2-4H2,1H3. The van der Waals surface area contributed by atoms with Gasteiger partial charge in [0.1, 0.15) is 0 Å². The van der Waals surface area contributed by atoms with E-state index in [0.717, 1.165) is 30.1 Å². The quantitative estimate of drug-likeness (QED) is 0.646. The highest BCUT2D eigenvalue weighted by molar-refractivity contribution is 7.12. The third-order valence-electron chi connectivity index (χ3n) is 2.06. The lowest BCUT2D eigenvalue weighted by atomic mass is 10.1. The molecule has 0 atom stereocenters. The fraction of sp³-hybridized carbons (Fsp3) is 0.444. The molecule has 0 radical (unpaired) electrons. The van der Waals surface area contributed by atoms with E-state index in [0.29, 0.717) is 5.56 Å². The highest BCUT2D eigenvalue weighted by Gasteiger charge is 2.21. The third kappa shape index (κ3) is 1.42. The van der Waals surface area contributed by atoms with Gasteiger partial charge in [0, 0.05) is 10.9 Å². The van der Waals surface area contributed by atoms with Gasteiger partial charge in [-0.15, -0.1) is 11.3 Å². The molecule has 0 unspecified atom stereocenters. The molecule has 4 heteroatoms. The van der Waals surface area contributed by atoms with Gasteiger partial charge in [0.2, 0.25) is 0 Å². The SMILES string of the molecule is COC(=O)c1csc2c1CCCO2. The molecular formula is C9H10O3S. The first-order chi connectivity index (χ1) is 6.33. The Bertz CT molecular complexity index is 330. The molecule has 70 valence electrons. The second-order valence-corrected chi connectivity index (χ2v) is 3.70. The van der Waals surface area contributed by atoms with Crippen LogP contribution >= 0.6 is 11.3 Å². The van der Waals surface area contributed by atoms with E-state index in [1.807, 2.05) is 5.38 Å². The first-order valence-electron chi connectivity index (χ1n) is 4.14. The first-order valence-corrected chi connectivity index (χ1v) is 5.02. The van der Waals surface area contributed by atoms with Crippen LogP contribution < -0.4 is 4.74 Å². The molecule has 1 aliphatic heterocycles. The molecule has 1 aromatic heterocycles. The van der Waals surface area contributed by atoms with E-state index in [1.165, 1.54) is 18.4 Å². The number of rotatable bonds is 1. The van der Waals surface area contributed by atoms with Crippen molar-refractivity contribution in [3.05, 3.63) is 16.5 Å². The van der Waals surface area contributed by atoms with Gasteiger partial charge in [-0.3, -0.25) is 0 Å². The Morgan fingerprint density at radius 2 is 2.54 bits per heavy atom. The summed E-state index contributed by atoms with van der Waals surface area (Å²) in [5, 5.41) is 2.69. The van der Waals surface area contributed by atoms with Crippen LogP contribution in [0, 0.1) is 0 Å². The summed E-state index contributed by atoms with van der Waals surface area (Å²) in [6, 6.07) is 0. The number of methoxy groups -OCH3 is 1. The smallest absolute Gasteiger partial charge is 0.339 e. The van der Waals surface area contributed by atoms with E-state index in [2.05, 4.69) is 4.74 Å². The zero-order valence-corrected chi connectivity index (χ0v) is 8.15. The molecule has 0 aliphatic carbocycles. The second kappa shape index (κ2) is 3.38. The monoisotopic (exact) mass is 198 g/mol. The van der Waals surface area contributed by atoms with Crippen LogP contribution in [0.15, 0.2) is 5.38 Å². The number of hydrogen-bond acceptors (Lipinski definition) is 4. The highest BCUT2D eigenvalue weighted by Crippen LogP contribution is 2.34. The van der Waals surface area contributed by atoms with Crippen LogP contribution in [0.4, 0.5) is 0 Å². The van der Waals surface area contributed by atoms with Gasteiger partial charge in [-0.05, 0) is 12.8 Å². The number of ether oxygens (including phenoxy) is 2. The predicted molar refractivity (Wildman–Crippen MR) is 49.5 cm³/mol. The summed E-state index contributed by atoms with van der Waals surface area (Å²) in [7, 11) is 1.40. The van der Waals surface area contributed by atoms with Crippen molar-refractivity contribution in [2.45, 2.75) is 12.8 Å². The van der Waals surface area contributed by atoms with Crippen molar-refractivity contribution in [1.82, 2.24) is 0 Å². The largest absolute Gasteiger partial charge is 0.484 e. The van der Waals surface area contributed by atoms with Gasteiger partial charge in [-0.25, -0.2) is 4.79 Å². The van der Waals surface area contributed by atoms with E-state index in [-0.39, 0.29) is 5.97 Å². The van der Waals surface area contributed by atoms with Gasteiger partial charge < -0.3 is 9.47 Å². The zero-order valence-electron chi connectivity index (χ0n) is 7.33. The molecule has 0 spiro atoms. The van der Waals surface area contributed by atoms with E-state index in [9.17, 15) is 4.79 Å². The lowest BCUT2D eigenvalue weighted by Gasteiger charge is -2.13. The fourth-order valence-corrected chi connectivity index (χ4v) is 2.39. The Balaban J connectivity index is 2.36. The Labute approximate surface area is 80.3 Å². The molecule has 0 aromatic carbocycles. The normalized spacial score (nSPS) is 14.5. The molecule has 0 N–H and O–H groups in total. The van der Waals surface area contributed by atoms with E-state index in [4.69, 9.17) is 4.74 Å². The maximum absolute atomic E-state index is 11.3. The van der Waals surface area contributed by atoms with Gasteiger partial charge in [0.25, 0.3) is 0 Å². The van der Waals surface area contributed by atoms with Gasteiger partial charge in [-0.2, -0.15) is 0 Å². The summed E-state index contributed by atoms with van der Waals surface area (Å²) in [4.78, 5) is 11.3. The molecule has 0 amide bonds. The minimum atomic E-state index is -0.261. The van der Waals surface area contributed by atoms with Crippen LogP contribution in [0.2, 0.25) is 0 Å². The maximum atomic E-state index is 11.3. The molecule has 1 aromatic rings. The molecule has 0 saturated heterocycles. The van der Waals surface area contributed by atoms with Gasteiger partial charge in [0.05, 0.1) is 19.3 Å². The summed E-state index contributed by atoms with van der Waals surface area (Å²) in [5.41, 5.74) is 1.69. The summed E-state index contributed by atoms with van der Waals surface area (Å²) in [6.45, 7) is 0.758. The van der Waals surface area contributed by atoms with Gasteiger partial charge >= 0.3 is 5.97 Å². The predicted octanol–water partition coefficient (Wildman–Crippen LogP) is 1.86. The van der Waals surface area contributed by atoms with Crippen molar-refractivity contribution >= 4 is 17.3 Å². The number of carbonyl (C=O) groups is 1. The molecule has 0 bridgehead atoms. The number of esters is 1. The van der Waals surface area contributed by atoms with Crippen LogP contribution in [0.25, 0.3) is 0 Å². The number of thiophene rings is 1. The first kappa shape index (κ1) is 8.56. The maximum Gasteiger partial charge on any atom is 0.339 e. The molecule has 2 rings (SSSR count). The molecule has 1 aliphatic rings. The Morgan fingerprint density at radius 3 is 3.31 bits per heavy atom. The minimum Gasteiger partial charge on any atom is -0.484 e. The zero-order chi connectivity index (χ0) is 9.26. The topological polar surface area (TPSA) is 35.5 Å². The molecule has 3 nitrogen and oxygen atoms in total. The number of fused-ring (bicyclic) bond motifs is 1. The molecule has 2 heterocycles.